The molecule has 2 nitrogen and oxygen atoms in total. The number of hydrogen-bond acceptors (Lipinski definition) is 2. The molecule has 2 saturated carbocycles. The highest BCUT2D eigenvalue weighted by Crippen LogP contribution is 2.34. The Bertz CT molecular complexity index is 169. The molecule has 0 aromatic heterocycles. The molecule has 0 heterocycles. The molecule has 2 N–H and O–H groups in total. The molecule has 0 bridgehead atoms. The maximum Gasteiger partial charge on any atom is 0.0216 e. The normalized spacial score (nSPS) is 26.6. The van der Waals surface area contributed by atoms with Crippen molar-refractivity contribution in [3.8, 4) is 0 Å². The van der Waals surface area contributed by atoms with E-state index in [4.69, 9.17) is 5.73 Å². The van der Waals surface area contributed by atoms with E-state index in [1.54, 1.807) is 0 Å². The van der Waals surface area contributed by atoms with Gasteiger partial charge in [-0.25, -0.2) is 0 Å². The van der Waals surface area contributed by atoms with Gasteiger partial charge >= 0.3 is 0 Å². The first-order chi connectivity index (χ1) is 6.66. The van der Waals surface area contributed by atoms with Crippen LogP contribution in [0.5, 0.6) is 0 Å². The molecule has 82 valence electrons. The molecule has 0 radical (unpaired) electrons. The Labute approximate surface area is 87.8 Å². The molecule has 2 atom stereocenters. The average Bonchev–Trinajstić information content (AvgIpc) is 2.94. The van der Waals surface area contributed by atoms with Gasteiger partial charge in [-0.1, -0.05) is 0 Å². The van der Waals surface area contributed by atoms with Crippen LogP contribution >= 0.6 is 0 Å². The van der Waals surface area contributed by atoms with Gasteiger partial charge in [0, 0.05) is 25.2 Å². The smallest absolute Gasteiger partial charge is 0.0216 e. The molecule has 2 fully saturated rings. The van der Waals surface area contributed by atoms with Gasteiger partial charge in [0.25, 0.3) is 0 Å². The van der Waals surface area contributed by atoms with Crippen LogP contribution in [0, 0.1) is 11.8 Å². The van der Waals surface area contributed by atoms with Gasteiger partial charge in [0.2, 0.25) is 0 Å². The molecular weight excluding hydrogens is 172 g/mol. The Morgan fingerprint density at radius 3 is 1.79 bits per heavy atom. The highest BCUT2D eigenvalue weighted by Gasteiger charge is 2.31. The van der Waals surface area contributed by atoms with Crippen LogP contribution in [0.1, 0.15) is 39.5 Å². The van der Waals surface area contributed by atoms with E-state index in [-0.39, 0.29) is 0 Å². The summed E-state index contributed by atoms with van der Waals surface area (Å²) in [6.45, 7) is 7.03. The third-order valence-electron chi connectivity index (χ3n) is 3.72. The summed E-state index contributed by atoms with van der Waals surface area (Å²) in [6, 6.07) is 0.878. The van der Waals surface area contributed by atoms with Crippen molar-refractivity contribution < 1.29 is 0 Å². The van der Waals surface area contributed by atoms with Crippen LogP contribution in [-0.2, 0) is 0 Å². The van der Waals surface area contributed by atoms with E-state index in [1.807, 2.05) is 0 Å². The summed E-state index contributed by atoms with van der Waals surface area (Å²) in [6.07, 6.45) is 5.80. The van der Waals surface area contributed by atoms with Crippen molar-refractivity contribution in [1.29, 1.82) is 0 Å². The van der Waals surface area contributed by atoms with Crippen molar-refractivity contribution in [1.82, 2.24) is 4.90 Å². The summed E-state index contributed by atoms with van der Waals surface area (Å²) in [4.78, 5) is 2.64. The minimum Gasteiger partial charge on any atom is -0.327 e. The molecule has 0 saturated heterocycles. The SMILES string of the molecule is CC(N)C(C)N(CC1CC1)CC1CC1. The molecule has 14 heavy (non-hydrogen) atoms. The van der Waals surface area contributed by atoms with Crippen LogP contribution in [0.2, 0.25) is 0 Å². The minimum atomic E-state index is 0.312. The summed E-state index contributed by atoms with van der Waals surface area (Å²) in [5.41, 5.74) is 5.99. The Hall–Kier alpha value is -0.0800. The zero-order valence-electron chi connectivity index (χ0n) is 9.58. The summed E-state index contributed by atoms with van der Waals surface area (Å²) in [7, 11) is 0. The zero-order valence-corrected chi connectivity index (χ0v) is 9.58. The van der Waals surface area contributed by atoms with Crippen molar-refractivity contribution in [2.75, 3.05) is 13.1 Å². The highest BCUT2D eigenvalue weighted by atomic mass is 15.2. The standard InChI is InChI=1S/C12H24N2/c1-9(13)10(2)14(7-11-3-4-11)8-12-5-6-12/h9-12H,3-8,13H2,1-2H3. The second-order valence-corrected chi connectivity index (χ2v) is 5.44. The van der Waals surface area contributed by atoms with E-state index in [9.17, 15) is 0 Å². The maximum absolute atomic E-state index is 5.99. The molecule has 0 aromatic carbocycles. The lowest BCUT2D eigenvalue weighted by molar-refractivity contribution is 0.173. The van der Waals surface area contributed by atoms with Gasteiger partial charge in [-0.3, -0.25) is 4.90 Å². The molecule has 2 heteroatoms. The second kappa shape index (κ2) is 4.19. The van der Waals surface area contributed by atoms with Crippen molar-refractivity contribution in [3.63, 3.8) is 0 Å². The Morgan fingerprint density at radius 2 is 1.50 bits per heavy atom. The first-order valence-electron chi connectivity index (χ1n) is 6.16. The highest BCUT2D eigenvalue weighted by molar-refractivity contribution is 4.86. The van der Waals surface area contributed by atoms with Crippen LogP contribution in [0.25, 0.3) is 0 Å². The fourth-order valence-electron chi connectivity index (χ4n) is 2.00. The summed E-state index contributed by atoms with van der Waals surface area (Å²) < 4.78 is 0. The van der Waals surface area contributed by atoms with E-state index in [1.165, 1.54) is 38.8 Å². The second-order valence-electron chi connectivity index (χ2n) is 5.44. The first-order valence-corrected chi connectivity index (χ1v) is 6.16. The van der Waals surface area contributed by atoms with Crippen LogP contribution < -0.4 is 5.73 Å². The minimum absolute atomic E-state index is 0.312. The van der Waals surface area contributed by atoms with Crippen molar-refractivity contribution in [3.05, 3.63) is 0 Å². The van der Waals surface area contributed by atoms with E-state index in [0.717, 1.165) is 11.8 Å². The monoisotopic (exact) mass is 196 g/mol. The van der Waals surface area contributed by atoms with Gasteiger partial charge in [0.1, 0.15) is 0 Å². The van der Waals surface area contributed by atoms with Crippen LogP contribution in [0.3, 0.4) is 0 Å². The maximum atomic E-state index is 5.99. The molecule has 0 amide bonds. The third kappa shape index (κ3) is 2.96. The number of hydrogen-bond donors (Lipinski definition) is 1. The molecule has 2 unspecified atom stereocenters. The van der Waals surface area contributed by atoms with Gasteiger partial charge in [-0.05, 0) is 51.4 Å². The molecule has 2 rings (SSSR count). The molecular formula is C12H24N2. The quantitative estimate of drug-likeness (QED) is 0.702. The van der Waals surface area contributed by atoms with E-state index in [2.05, 4.69) is 18.7 Å². The van der Waals surface area contributed by atoms with Gasteiger partial charge in [-0.15, -0.1) is 0 Å². The van der Waals surface area contributed by atoms with Crippen LogP contribution in [0.15, 0.2) is 0 Å². The average molecular weight is 196 g/mol. The topological polar surface area (TPSA) is 29.3 Å². The van der Waals surface area contributed by atoms with Crippen molar-refractivity contribution in [2.45, 2.75) is 51.6 Å². The fraction of sp³-hybridized carbons (Fsp3) is 1.00. The number of nitrogens with two attached hydrogens (primary N) is 1. The van der Waals surface area contributed by atoms with E-state index < -0.39 is 0 Å². The zero-order chi connectivity index (χ0) is 10.1. The van der Waals surface area contributed by atoms with Crippen molar-refractivity contribution in [2.24, 2.45) is 17.6 Å². The van der Waals surface area contributed by atoms with E-state index >= 15 is 0 Å². The summed E-state index contributed by atoms with van der Waals surface area (Å²) >= 11 is 0. The molecule has 2 aliphatic rings. The number of rotatable bonds is 6. The lowest BCUT2D eigenvalue weighted by Gasteiger charge is -2.31. The van der Waals surface area contributed by atoms with Crippen molar-refractivity contribution >= 4 is 0 Å². The van der Waals surface area contributed by atoms with Crippen LogP contribution in [-0.4, -0.2) is 30.1 Å². The van der Waals surface area contributed by atoms with Gasteiger partial charge < -0.3 is 5.73 Å². The van der Waals surface area contributed by atoms with E-state index in [0.29, 0.717) is 12.1 Å². The number of nitrogens with zero attached hydrogens (tertiary/aromatic N) is 1. The van der Waals surface area contributed by atoms with Gasteiger partial charge in [0.15, 0.2) is 0 Å². The van der Waals surface area contributed by atoms with Crippen LogP contribution in [0.4, 0.5) is 0 Å². The Balaban J connectivity index is 1.81. The summed E-state index contributed by atoms with van der Waals surface area (Å²) in [5, 5.41) is 0. The van der Waals surface area contributed by atoms with Gasteiger partial charge in [-0.2, -0.15) is 0 Å². The predicted octanol–water partition coefficient (Wildman–Crippen LogP) is 1.84. The first kappa shape index (κ1) is 10.4. The van der Waals surface area contributed by atoms with Gasteiger partial charge in [0.05, 0.1) is 0 Å². The Kier molecular flexibility index (Phi) is 3.13. The molecule has 0 aromatic rings. The molecule has 0 aliphatic heterocycles. The molecule has 2 aliphatic carbocycles. The largest absolute Gasteiger partial charge is 0.327 e. The lowest BCUT2D eigenvalue weighted by Crippen LogP contribution is -2.46. The third-order valence-corrected chi connectivity index (χ3v) is 3.72. The Morgan fingerprint density at radius 1 is 1.07 bits per heavy atom. The fourth-order valence-corrected chi connectivity index (χ4v) is 2.00. The lowest BCUT2D eigenvalue weighted by atomic mass is 10.1. The molecule has 0 spiro atoms. The summed E-state index contributed by atoms with van der Waals surface area (Å²) in [5.74, 6) is 1.99. The predicted molar refractivity (Wildman–Crippen MR) is 60.1 cm³/mol.